The SMILES string of the molecule is CCCCCCN(B(C)Nc1ccccc1)B(C)Nc1nnnn1C(C)(C)S. The predicted molar refractivity (Wildman–Crippen MR) is 124 cm³/mol. The van der Waals surface area contributed by atoms with Gasteiger partial charge in [-0.05, 0) is 49.4 Å². The normalized spacial score (nSPS) is 11.5. The number of para-hydroxylation sites is 1. The lowest BCUT2D eigenvalue weighted by molar-refractivity contribution is 0.473. The fourth-order valence-corrected chi connectivity index (χ4v) is 3.35. The lowest BCUT2D eigenvalue weighted by atomic mass is 9.62. The van der Waals surface area contributed by atoms with Gasteiger partial charge in [-0.3, -0.25) is 0 Å². The average molecular weight is 401 g/mol. The molecular formula is C18H33B2N7S. The van der Waals surface area contributed by atoms with E-state index in [0.717, 1.165) is 18.7 Å². The third-order valence-electron chi connectivity index (χ3n) is 4.74. The first-order valence-corrected chi connectivity index (χ1v) is 10.6. The number of hydrogen-bond acceptors (Lipinski definition) is 7. The Kier molecular flexibility index (Phi) is 8.69. The Morgan fingerprint density at radius 1 is 1.07 bits per heavy atom. The molecule has 2 rings (SSSR count). The third kappa shape index (κ3) is 6.74. The van der Waals surface area contributed by atoms with Crippen LogP contribution < -0.4 is 10.5 Å². The van der Waals surface area contributed by atoms with Crippen molar-refractivity contribution in [2.24, 2.45) is 0 Å². The molecular weight excluding hydrogens is 368 g/mol. The number of benzene rings is 1. The van der Waals surface area contributed by atoms with Crippen molar-refractivity contribution in [1.82, 2.24) is 24.9 Å². The Hall–Kier alpha value is -1.67. The fraction of sp³-hybridized carbons (Fsp3) is 0.611. The van der Waals surface area contributed by atoms with E-state index in [4.69, 9.17) is 0 Å². The van der Waals surface area contributed by atoms with Crippen molar-refractivity contribution in [3.05, 3.63) is 30.3 Å². The van der Waals surface area contributed by atoms with Crippen LogP contribution >= 0.6 is 12.6 Å². The zero-order chi connectivity index (χ0) is 20.6. The summed E-state index contributed by atoms with van der Waals surface area (Å²) in [6.07, 6.45) is 4.89. The van der Waals surface area contributed by atoms with E-state index < -0.39 is 4.87 Å². The average Bonchev–Trinajstić information content (AvgIpc) is 3.11. The third-order valence-corrected chi connectivity index (χ3v) is 4.93. The molecule has 152 valence electrons. The van der Waals surface area contributed by atoms with E-state index in [1.807, 2.05) is 32.0 Å². The maximum atomic E-state index is 4.60. The standard InChI is InChI=1S/C18H33B2N7S/c1-6-7-8-12-15-26(19(4)21-16-13-10-9-11-14-16)20(5)22-17-23-24-25-27(17)18(2,3)28/h9-11,13-14,21,28H,6-8,12,15H2,1-5H3,(H,22,23,25). The Balaban J connectivity index is 2.09. The van der Waals surface area contributed by atoms with Crippen molar-refractivity contribution < 1.29 is 0 Å². The predicted octanol–water partition coefficient (Wildman–Crippen LogP) is 3.94. The summed E-state index contributed by atoms with van der Waals surface area (Å²) in [4.78, 5) is -0.481. The number of anilines is 2. The van der Waals surface area contributed by atoms with Crippen LogP contribution in [0.1, 0.15) is 46.5 Å². The summed E-state index contributed by atoms with van der Waals surface area (Å²) < 4.78 is 4.12. The summed E-state index contributed by atoms with van der Waals surface area (Å²) in [5, 5.41) is 19.1. The van der Waals surface area contributed by atoms with E-state index in [2.05, 4.69) is 76.0 Å². The Bertz CT molecular complexity index is 693. The molecule has 28 heavy (non-hydrogen) atoms. The topological polar surface area (TPSA) is 70.9 Å². The quantitative estimate of drug-likeness (QED) is 0.284. The van der Waals surface area contributed by atoms with Gasteiger partial charge in [-0.1, -0.05) is 63.1 Å². The van der Waals surface area contributed by atoms with Crippen molar-refractivity contribution in [2.75, 3.05) is 17.0 Å². The molecule has 1 heterocycles. The number of nitrogens with zero attached hydrogens (tertiary/aromatic N) is 5. The number of aromatic nitrogens is 4. The van der Waals surface area contributed by atoms with E-state index in [0.29, 0.717) is 5.95 Å². The van der Waals surface area contributed by atoms with Gasteiger partial charge in [0, 0.05) is 5.69 Å². The van der Waals surface area contributed by atoms with Gasteiger partial charge in [-0.15, -0.1) is 12.6 Å². The number of rotatable bonds is 12. The molecule has 0 amide bonds. The van der Waals surface area contributed by atoms with Gasteiger partial charge >= 0.3 is 14.0 Å². The molecule has 1 aromatic carbocycles. The molecule has 0 unspecified atom stereocenters. The zero-order valence-electron chi connectivity index (χ0n) is 17.8. The Morgan fingerprint density at radius 3 is 2.39 bits per heavy atom. The van der Waals surface area contributed by atoms with Crippen LogP contribution in [0.5, 0.6) is 0 Å². The minimum absolute atomic E-state index is 0.0493. The van der Waals surface area contributed by atoms with Crippen LogP contribution in [0, 0.1) is 0 Å². The summed E-state index contributed by atoms with van der Waals surface area (Å²) in [5.74, 6) is 0.623. The van der Waals surface area contributed by atoms with Gasteiger partial charge in [-0.2, -0.15) is 4.68 Å². The molecule has 0 spiro atoms. The van der Waals surface area contributed by atoms with Crippen molar-refractivity contribution in [2.45, 2.75) is 65.0 Å². The summed E-state index contributed by atoms with van der Waals surface area (Å²) in [7, 11) is 0. The second-order valence-electron chi connectivity index (χ2n) is 7.71. The van der Waals surface area contributed by atoms with Gasteiger partial charge in [0.1, 0.15) is 4.87 Å². The van der Waals surface area contributed by atoms with Gasteiger partial charge in [-0.25, -0.2) is 0 Å². The number of unbranched alkanes of at least 4 members (excludes halogenated alkanes) is 3. The molecule has 10 heteroatoms. The minimum atomic E-state index is -0.481. The highest BCUT2D eigenvalue weighted by molar-refractivity contribution is 7.81. The smallest absolute Gasteiger partial charge is 0.329 e. The van der Waals surface area contributed by atoms with Crippen molar-refractivity contribution >= 4 is 38.2 Å². The molecule has 2 aromatic rings. The highest BCUT2D eigenvalue weighted by Crippen LogP contribution is 2.22. The molecule has 0 aliphatic rings. The second kappa shape index (κ2) is 10.8. The highest BCUT2D eigenvalue weighted by Gasteiger charge is 2.29. The summed E-state index contributed by atoms with van der Waals surface area (Å²) in [6, 6.07) is 10.3. The lowest BCUT2D eigenvalue weighted by Gasteiger charge is -2.32. The first-order valence-electron chi connectivity index (χ1n) is 10.2. The summed E-state index contributed by atoms with van der Waals surface area (Å²) in [6.45, 7) is 11.7. The number of tetrazole rings is 1. The molecule has 0 radical (unpaired) electrons. The van der Waals surface area contributed by atoms with Gasteiger partial charge in [0.2, 0.25) is 5.95 Å². The molecule has 0 saturated heterocycles. The van der Waals surface area contributed by atoms with Gasteiger partial charge in [0.25, 0.3) is 0 Å². The fourth-order valence-electron chi connectivity index (χ4n) is 3.22. The summed E-state index contributed by atoms with van der Waals surface area (Å²) in [5.41, 5.74) is 1.11. The van der Waals surface area contributed by atoms with Crippen LogP contribution in [0.15, 0.2) is 30.3 Å². The number of hydrogen-bond donors (Lipinski definition) is 3. The molecule has 0 aliphatic carbocycles. The maximum absolute atomic E-state index is 4.60. The van der Waals surface area contributed by atoms with Gasteiger partial charge < -0.3 is 15.2 Å². The summed E-state index contributed by atoms with van der Waals surface area (Å²) >= 11 is 4.60. The molecule has 0 aliphatic heterocycles. The maximum Gasteiger partial charge on any atom is 0.329 e. The monoisotopic (exact) mass is 401 g/mol. The van der Waals surface area contributed by atoms with Gasteiger partial charge in [0.15, 0.2) is 0 Å². The van der Waals surface area contributed by atoms with Crippen molar-refractivity contribution in [3.63, 3.8) is 0 Å². The molecule has 0 bridgehead atoms. The first kappa shape index (κ1) is 22.6. The Morgan fingerprint density at radius 2 is 1.75 bits per heavy atom. The molecule has 0 fully saturated rings. The molecule has 0 saturated carbocycles. The van der Waals surface area contributed by atoms with Crippen LogP contribution in [0.25, 0.3) is 0 Å². The Labute approximate surface area is 175 Å². The molecule has 2 N–H and O–H groups in total. The van der Waals surface area contributed by atoms with Gasteiger partial charge in [0.05, 0.1) is 0 Å². The molecule has 0 atom stereocenters. The van der Waals surface area contributed by atoms with E-state index in [9.17, 15) is 0 Å². The zero-order valence-corrected chi connectivity index (χ0v) is 18.7. The van der Waals surface area contributed by atoms with Crippen LogP contribution in [0.4, 0.5) is 11.6 Å². The van der Waals surface area contributed by atoms with Crippen LogP contribution in [-0.2, 0) is 4.87 Å². The number of thiol groups is 1. The first-order chi connectivity index (χ1) is 13.3. The minimum Gasteiger partial charge on any atom is -0.415 e. The molecule has 7 nitrogen and oxygen atoms in total. The lowest BCUT2D eigenvalue weighted by Crippen LogP contribution is -2.55. The number of nitrogens with one attached hydrogen (secondary N) is 2. The van der Waals surface area contributed by atoms with Crippen molar-refractivity contribution in [1.29, 1.82) is 0 Å². The van der Waals surface area contributed by atoms with Crippen LogP contribution in [0.3, 0.4) is 0 Å². The van der Waals surface area contributed by atoms with Crippen LogP contribution in [0.2, 0.25) is 13.6 Å². The highest BCUT2D eigenvalue weighted by atomic mass is 32.1. The largest absolute Gasteiger partial charge is 0.415 e. The van der Waals surface area contributed by atoms with Crippen molar-refractivity contribution in [3.8, 4) is 0 Å². The second-order valence-corrected chi connectivity index (χ2v) is 8.81. The van der Waals surface area contributed by atoms with E-state index in [1.54, 1.807) is 4.68 Å². The van der Waals surface area contributed by atoms with E-state index in [-0.39, 0.29) is 14.0 Å². The van der Waals surface area contributed by atoms with E-state index in [1.165, 1.54) is 19.3 Å². The molecule has 1 aromatic heterocycles. The van der Waals surface area contributed by atoms with E-state index >= 15 is 0 Å². The van der Waals surface area contributed by atoms with Crippen LogP contribution in [-0.4, -0.2) is 45.4 Å².